The van der Waals surface area contributed by atoms with E-state index in [0.29, 0.717) is 17.7 Å². The Labute approximate surface area is 149 Å². The number of imide groups is 1. The lowest BCUT2D eigenvalue weighted by molar-refractivity contribution is 0.0401. The van der Waals surface area contributed by atoms with Crippen LogP contribution in [-0.2, 0) is 0 Å². The number of piperidine rings is 1. The number of aliphatic hydroxyl groups excluding tert-OH is 1. The molecule has 1 fully saturated rings. The third-order valence-corrected chi connectivity index (χ3v) is 5.99. The molecule has 0 saturated carbocycles. The Morgan fingerprint density at radius 1 is 1.00 bits per heavy atom. The largest absolute Gasteiger partial charge is 0.396 e. The maximum atomic E-state index is 12.3. The highest BCUT2D eigenvalue weighted by atomic mass is 16.3. The average Bonchev–Trinajstić information content (AvgIpc) is 2.91. The quantitative estimate of drug-likeness (QED) is 0.610. The van der Waals surface area contributed by atoms with E-state index in [9.17, 15) is 14.7 Å². The van der Waals surface area contributed by atoms with E-state index >= 15 is 0 Å². The van der Waals surface area contributed by atoms with Crippen LogP contribution in [-0.4, -0.2) is 59.5 Å². The van der Waals surface area contributed by atoms with Crippen LogP contribution < -0.4 is 0 Å². The van der Waals surface area contributed by atoms with Crippen LogP contribution in [0, 0.1) is 5.41 Å². The lowest BCUT2D eigenvalue weighted by atomic mass is 9.77. The van der Waals surface area contributed by atoms with Crippen molar-refractivity contribution in [3.8, 4) is 0 Å². The van der Waals surface area contributed by atoms with Gasteiger partial charge in [0.05, 0.1) is 11.1 Å². The number of fused-ring (bicyclic) bond motifs is 1. The van der Waals surface area contributed by atoms with Crippen LogP contribution in [0.2, 0.25) is 0 Å². The van der Waals surface area contributed by atoms with Gasteiger partial charge in [0.15, 0.2) is 0 Å². The predicted octanol–water partition coefficient (Wildman–Crippen LogP) is 2.55. The van der Waals surface area contributed by atoms with Crippen molar-refractivity contribution >= 4 is 11.8 Å². The monoisotopic (exact) mass is 344 g/mol. The number of hydrogen-bond donors (Lipinski definition) is 1. The molecule has 0 atom stereocenters. The maximum Gasteiger partial charge on any atom is 0.261 e. The Hall–Kier alpha value is -1.72. The number of rotatable bonds is 7. The van der Waals surface area contributed by atoms with Crippen LogP contribution in [0.5, 0.6) is 0 Å². The topological polar surface area (TPSA) is 60.9 Å². The Morgan fingerprint density at radius 2 is 1.56 bits per heavy atom. The molecule has 25 heavy (non-hydrogen) atoms. The van der Waals surface area contributed by atoms with E-state index in [-0.39, 0.29) is 23.8 Å². The molecule has 1 saturated heterocycles. The molecule has 0 radical (unpaired) electrons. The number of aliphatic hydroxyl groups is 1. The van der Waals surface area contributed by atoms with Gasteiger partial charge >= 0.3 is 0 Å². The Balaban J connectivity index is 1.42. The molecule has 136 valence electrons. The Bertz CT molecular complexity index is 595. The molecule has 0 aromatic heterocycles. The number of carbonyl (C=O) groups is 2. The third kappa shape index (κ3) is 3.62. The van der Waals surface area contributed by atoms with E-state index in [0.717, 1.165) is 51.7 Å². The van der Waals surface area contributed by atoms with E-state index in [2.05, 4.69) is 11.8 Å². The van der Waals surface area contributed by atoms with Crippen LogP contribution in [0.3, 0.4) is 0 Å². The van der Waals surface area contributed by atoms with Gasteiger partial charge in [-0.05, 0) is 69.3 Å². The summed E-state index contributed by atoms with van der Waals surface area (Å²) in [6, 6.07) is 7.05. The van der Waals surface area contributed by atoms with Gasteiger partial charge < -0.3 is 10.0 Å². The molecule has 1 aromatic carbocycles. The first kappa shape index (κ1) is 18.1. The van der Waals surface area contributed by atoms with Gasteiger partial charge in [0, 0.05) is 13.2 Å². The highest BCUT2D eigenvalue weighted by Crippen LogP contribution is 2.34. The molecule has 3 rings (SSSR count). The minimum absolute atomic E-state index is 0.122. The minimum Gasteiger partial charge on any atom is -0.396 e. The van der Waals surface area contributed by atoms with Gasteiger partial charge in [0.25, 0.3) is 11.8 Å². The molecular formula is C20H28N2O3. The van der Waals surface area contributed by atoms with Crippen LogP contribution in [0.1, 0.15) is 59.7 Å². The highest BCUT2D eigenvalue weighted by Gasteiger charge is 2.35. The zero-order chi connectivity index (χ0) is 17.9. The number of likely N-dealkylation sites (tertiary alicyclic amines) is 1. The van der Waals surface area contributed by atoms with E-state index in [1.165, 1.54) is 4.90 Å². The summed E-state index contributed by atoms with van der Waals surface area (Å²) in [4.78, 5) is 28.4. The van der Waals surface area contributed by atoms with E-state index < -0.39 is 0 Å². The van der Waals surface area contributed by atoms with Crippen molar-refractivity contribution in [2.45, 2.75) is 39.0 Å². The molecule has 0 unspecified atom stereocenters. The second-order valence-corrected chi connectivity index (χ2v) is 7.37. The SMILES string of the molecule is CCC1(CO)CCN(CCCCN2C(=O)c3ccccc3C2=O)CC1. The van der Waals surface area contributed by atoms with Crippen molar-refractivity contribution in [1.82, 2.24) is 9.80 Å². The van der Waals surface area contributed by atoms with Gasteiger partial charge in [0.1, 0.15) is 0 Å². The van der Waals surface area contributed by atoms with Gasteiger partial charge in [0.2, 0.25) is 0 Å². The second-order valence-electron chi connectivity index (χ2n) is 7.37. The summed E-state index contributed by atoms with van der Waals surface area (Å²) >= 11 is 0. The van der Waals surface area contributed by atoms with Gasteiger partial charge in [-0.2, -0.15) is 0 Å². The standard InChI is InChI=1S/C20H28N2O3/c1-2-20(15-23)9-13-21(14-10-20)11-5-6-12-22-18(24)16-7-3-4-8-17(16)19(22)25/h3-4,7-8,23H,2,5-6,9-15H2,1H3. The fourth-order valence-corrected chi connectivity index (χ4v) is 3.92. The van der Waals surface area contributed by atoms with E-state index in [1.54, 1.807) is 24.3 Å². The van der Waals surface area contributed by atoms with Crippen LogP contribution in [0.4, 0.5) is 0 Å². The lowest BCUT2D eigenvalue weighted by Gasteiger charge is -2.40. The minimum atomic E-state index is -0.158. The molecule has 0 bridgehead atoms. The molecule has 1 aromatic rings. The number of nitrogens with zero attached hydrogens (tertiary/aromatic N) is 2. The molecule has 0 spiro atoms. The molecule has 2 aliphatic rings. The van der Waals surface area contributed by atoms with Crippen molar-refractivity contribution in [3.05, 3.63) is 35.4 Å². The first-order valence-corrected chi connectivity index (χ1v) is 9.39. The van der Waals surface area contributed by atoms with Crippen molar-refractivity contribution in [2.24, 2.45) is 5.41 Å². The first-order chi connectivity index (χ1) is 12.1. The smallest absolute Gasteiger partial charge is 0.261 e. The third-order valence-electron chi connectivity index (χ3n) is 5.99. The van der Waals surface area contributed by atoms with Crippen molar-refractivity contribution in [1.29, 1.82) is 0 Å². The number of carbonyl (C=O) groups excluding carboxylic acids is 2. The zero-order valence-electron chi connectivity index (χ0n) is 15.0. The number of benzene rings is 1. The summed E-state index contributed by atoms with van der Waals surface area (Å²) in [5.41, 5.74) is 1.18. The maximum absolute atomic E-state index is 12.3. The van der Waals surface area contributed by atoms with Crippen LogP contribution in [0.25, 0.3) is 0 Å². The highest BCUT2D eigenvalue weighted by molar-refractivity contribution is 6.21. The molecule has 2 aliphatic heterocycles. The molecular weight excluding hydrogens is 316 g/mol. The first-order valence-electron chi connectivity index (χ1n) is 9.39. The van der Waals surface area contributed by atoms with Crippen molar-refractivity contribution in [2.75, 3.05) is 32.8 Å². The lowest BCUT2D eigenvalue weighted by Crippen LogP contribution is -2.42. The molecule has 0 aliphatic carbocycles. The summed E-state index contributed by atoms with van der Waals surface area (Å²) in [6.45, 7) is 6.00. The second kappa shape index (κ2) is 7.67. The van der Waals surface area contributed by atoms with Crippen LogP contribution in [0.15, 0.2) is 24.3 Å². The van der Waals surface area contributed by atoms with Gasteiger partial charge in [-0.15, -0.1) is 0 Å². The van der Waals surface area contributed by atoms with E-state index in [4.69, 9.17) is 0 Å². The Morgan fingerprint density at radius 3 is 2.08 bits per heavy atom. The van der Waals surface area contributed by atoms with Gasteiger partial charge in [-0.25, -0.2) is 0 Å². The normalized spacial score (nSPS) is 20.2. The zero-order valence-corrected chi connectivity index (χ0v) is 15.0. The van der Waals surface area contributed by atoms with Crippen molar-refractivity contribution < 1.29 is 14.7 Å². The Kier molecular flexibility index (Phi) is 5.54. The van der Waals surface area contributed by atoms with Crippen molar-refractivity contribution in [3.63, 3.8) is 0 Å². The molecule has 1 N–H and O–H groups in total. The van der Waals surface area contributed by atoms with E-state index in [1.807, 2.05) is 0 Å². The molecule has 2 amide bonds. The molecule has 5 nitrogen and oxygen atoms in total. The fraction of sp³-hybridized carbons (Fsp3) is 0.600. The average molecular weight is 344 g/mol. The predicted molar refractivity (Wildman–Crippen MR) is 96.5 cm³/mol. The summed E-state index contributed by atoms with van der Waals surface area (Å²) in [7, 11) is 0. The number of amides is 2. The summed E-state index contributed by atoms with van der Waals surface area (Å²) in [5, 5.41) is 9.60. The summed E-state index contributed by atoms with van der Waals surface area (Å²) in [6.07, 6.45) is 4.96. The summed E-state index contributed by atoms with van der Waals surface area (Å²) < 4.78 is 0. The molecule has 2 heterocycles. The van der Waals surface area contributed by atoms with Gasteiger partial charge in [-0.1, -0.05) is 19.1 Å². The fourth-order valence-electron chi connectivity index (χ4n) is 3.92. The number of hydrogen-bond acceptors (Lipinski definition) is 4. The number of unbranched alkanes of at least 4 members (excludes halogenated alkanes) is 1. The summed E-state index contributed by atoms with van der Waals surface area (Å²) in [5.74, 6) is -0.316. The molecule has 5 heteroatoms. The van der Waals surface area contributed by atoms with Crippen LogP contribution >= 0.6 is 0 Å². The van der Waals surface area contributed by atoms with Gasteiger partial charge in [-0.3, -0.25) is 14.5 Å².